The standard InChI is InChI=1S/C20H27Si/c1-2-4-18(5-3-1)21(19-10-6-16(14-19)7-11-19)20-12-8-17(15-20)9-13-20/h1-5,16-17H,6-15H2. The molecule has 0 amide bonds. The smallest absolute Gasteiger partial charge is 0.0632 e. The van der Waals surface area contributed by atoms with Crippen molar-refractivity contribution in [3.63, 3.8) is 0 Å². The predicted octanol–water partition coefficient (Wildman–Crippen LogP) is 5.06. The third-order valence-corrected chi connectivity index (χ3v) is 12.0. The summed E-state index contributed by atoms with van der Waals surface area (Å²) in [5.41, 5.74) is 0. The highest BCUT2D eigenvalue weighted by atomic mass is 28.3. The van der Waals surface area contributed by atoms with Gasteiger partial charge in [0.25, 0.3) is 0 Å². The number of hydrogen-bond acceptors (Lipinski definition) is 0. The van der Waals surface area contributed by atoms with Crippen molar-refractivity contribution in [2.75, 3.05) is 0 Å². The second-order valence-corrected chi connectivity index (χ2v) is 12.0. The molecule has 111 valence electrons. The van der Waals surface area contributed by atoms with Gasteiger partial charge in [0.2, 0.25) is 0 Å². The van der Waals surface area contributed by atoms with Crippen LogP contribution >= 0.6 is 0 Å². The Kier molecular flexibility index (Phi) is 2.75. The molecule has 4 fully saturated rings. The number of benzene rings is 1. The van der Waals surface area contributed by atoms with E-state index in [1.165, 1.54) is 0 Å². The molecule has 0 aromatic heterocycles. The first-order valence-electron chi connectivity index (χ1n) is 9.23. The quantitative estimate of drug-likeness (QED) is 0.684. The van der Waals surface area contributed by atoms with Gasteiger partial charge in [-0.25, -0.2) is 0 Å². The van der Waals surface area contributed by atoms with Gasteiger partial charge in [-0.2, -0.15) is 0 Å². The van der Waals surface area contributed by atoms with Crippen molar-refractivity contribution in [2.24, 2.45) is 11.8 Å². The van der Waals surface area contributed by atoms with Crippen molar-refractivity contribution in [1.29, 1.82) is 0 Å². The Hall–Kier alpha value is -0.563. The van der Waals surface area contributed by atoms with Crippen LogP contribution in [0.1, 0.15) is 64.2 Å². The Balaban J connectivity index is 1.62. The summed E-state index contributed by atoms with van der Waals surface area (Å²) in [6.45, 7) is 0. The molecule has 4 aliphatic rings. The Bertz CT molecular complexity index is 488. The highest BCUT2D eigenvalue weighted by molar-refractivity contribution is 6.79. The van der Waals surface area contributed by atoms with E-state index < -0.39 is 8.80 Å². The molecular formula is C20H27Si. The normalized spacial score (nSPS) is 44.0. The van der Waals surface area contributed by atoms with E-state index in [-0.39, 0.29) is 0 Å². The molecule has 0 heterocycles. The molecule has 1 aromatic rings. The predicted molar refractivity (Wildman–Crippen MR) is 90.4 cm³/mol. The third-order valence-electron chi connectivity index (χ3n) is 7.61. The first-order chi connectivity index (χ1) is 10.3. The van der Waals surface area contributed by atoms with Crippen LogP contribution in [0.3, 0.4) is 0 Å². The van der Waals surface area contributed by atoms with Gasteiger partial charge >= 0.3 is 0 Å². The summed E-state index contributed by atoms with van der Waals surface area (Å²) in [6, 6.07) is 11.9. The lowest BCUT2D eigenvalue weighted by Gasteiger charge is -2.46. The first-order valence-corrected chi connectivity index (χ1v) is 10.7. The van der Waals surface area contributed by atoms with E-state index in [4.69, 9.17) is 0 Å². The molecule has 0 nitrogen and oxygen atoms in total. The van der Waals surface area contributed by atoms with Crippen LogP contribution in [-0.2, 0) is 0 Å². The molecule has 0 aliphatic heterocycles. The zero-order valence-electron chi connectivity index (χ0n) is 13.1. The maximum Gasteiger partial charge on any atom is 0.0986 e. The van der Waals surface area contributed by atoms with Gasteiger partial charge in [0.05, 0.1) is 8.80 Å². The summed E-state index contributed by atoms with van der Waals surface area (Å²) in [4.78, 5) is 0. The summed E-state index contributed by atoms with van der Waals surface area (Å²) in [5, 5.41) is 3.37. The molecule has 21 heavy (non-hydrogen) atoms. The van der Waals surface area contributed by atoms with Gasteiger partial charge in [0.15, 0.2) is 0 Å². The maximum atomic E-state index is 2.51. The molecule has 1 radical (unpaired) electrons. The maximum absolute atomic E-state index is 2.51. The minimum atomic E-state index is -0.414. The molecule has 0 atom stereocenters. The first kappa shape index (κ1) is 12.9. The monoisotopic (exact) mass is 295 g/mol. The molecule has 0 N–H and O–H groups in total. The Morgan fingerprint density at radius 1 is 0.714 bits per heavy atom. The van der Waals surface area contributed by atoms with Gasteiger partial charge in [-0.1, -0.05) is 61.2 Å². The topological polar surface area (TPSA) is 0 Å². The minimum Gasteiger partial charge on any atom is -0.0632 e. The van der Waals surface area contributed by atoms with Gasteiger partial charge in [0.1, 0.15) is 0 Å². The zero-order chi connectivity index (χ0) is 13.9. The summed E-state index contributed by atoms with van der Waals surface area (Å²) in [5.74, 6) is 2.20. The van der Waals surface area contributed by atoms with E-state index in [1.807, 2.05) is 0 Å². The van der Waals surface area contributed by atoms with Crippen LogP contribution in [0.2, 0.25) is 10.1 Å². The Morgan fingerprint density at radius 2 is 1.19 bits per heavy atom. The summed E-state index contributed by atoms with van der Waals surface area (Å²) in [6.07, 6.45) is 15.7. The molecule has 0 spiro atoms. The van der Waals surface area contributed by atoms with Crippen molar-refractivity contribution in [2.45, 2.75) is 74.3 Å². The Labute approximate surface area is 130 Å². The average Bonchev–Trinajstić information content (AvgIpc) is 3.29. The SMILES string of the molecule is c1ccc([Si](C23CCC(CC2)C3)C23CCC(CC2)C3)cc1. The molecule has 4 saturated carbocycles. The van der Waals surface area contributed by atoms with Crippen LogP contribution < -0.4 is 5.19 Å². The van der Waals surface area contributed by atoms with E-state index in [1.54, 1.807) is 69.4 Å². The van der Waals surface area contributed by atoms with Crippen LogP contribution in [-0.4, -0.2) is 8.80 Å². The number of hydrogen-bond donors (Lipinski definition) is 0. The fourth-order valence-electron chi connectivity index (χ4n) is 6.87. The van der Waals surface area contributed by atoms with Gasteiger partial charge in [-0.3, -0.25) is 0 Å². The average molecular weight is 296 g/mol. The van der Waals surface area contributed by atoms with Crippen molar-refractivity contribution < 1.29 is 0 Å². The van der Waals surface area contributed by atoms with Gasteiger partial charge < -0.3 is 0 Å². The molecule has 0 unspecified atom stereocenters. The second kappa shape index (κ2) is 4.47. The van der Waals surface area contributed by atoms with Crippen LogP contribution in [0.4, 0.5) is 0 Å². The lowest BCUT2D eigenvalue weighted by molar-refractivity contribution is 0.450. The second-order valence-electron chi connectivity index (χ2n) is 8.60. The van der Waals surface area contributed by atoms with Gasteiger partial charge in [-0.15, -0.1) is 0 Å². The third kappa shape index (κ3) is 1.79. The van der Waals surface area contributed by atoms with Crippen molar-refractivity contribution in [1.82, 2.24) is 0 Å². The lowest BCUT2D eigenvalue weighted by atomic mass is 9.99. The number of fused-ring (bicyclic) bond motifs is 4. The largest absolute Gasteiger partial charge is 0.0986 e. The van der Waals surface area contributed by atoms with Crippen LogP contribution in [0, 0.1) is 11.8 Å². The van der Waals surface area contributed by atoms with Crippen molar-refractivity contribution in [3.05, 3.63) is 30.3 Å². The molecule has 5 rings (SSSR count). The van der Waals surface area contributed by atoms with Gasteiger partial charge in [0, 0.05) is 0 Å². The zero-order valence-corrected chi connectivity index (χ0v) is 14.1. The fourth-order valence-corrected chi connectivity index (χ4v) is 12.3. The van der Waals surface area contributed by atoms with Gasteiger partial charge in [-0.05, 0) is 60.4 Å². The molecule has 1 aromatic carbocycles. The molecular weight excluding hydrogens is 268 g/mol. The van der Waals surface area contributed by atoms with E-state index >= 15 is 0 Å². The summed E-state index contributed by atoms with van der Waals surface area (Å²) in [7, 11) is -0.414. The van der Waals surface area contributed by atoms with Crippen LogP contribution in [0.5, 0.6) is 0 Å². The molecule has 1 heteroatoms. The summed E-state index contributed by atoms with van der Waals surface area (Å²) >= 11 is 0. The van der Waals surface area contributed by atoms with E-state index in [0.717, 1.165) is 21.9 Å². The molecule has 4 bridgehead atoms. The fraction of sp³-hybridized carbons (Fsp3) is 0.700. The van der Waals surface area contributed by atoms with Crippen molar-refractivity contribution >= 4 is 14.0 Å². The van der Waals surface area contributed by atoms with Crippen LogP contribution in [0.25, 0.3) is 0 Å². The van der Waals surface area contributed by atoms with Crippen LogP contribution in [0.15, 0.2) is 30.3 Å². The highest BCUT2D eigenvalue weighted by Crippen LogP contribution is 2.71. The Morgan fingerprint density at radius 3 is 1.57 bits per heavy atom. The van der Waals surface area contributed by atoms with E-state index in [9.17, 15) is 0 Å². The highest BCUT2D eigenvalue weighted by Gasteiger charge is 2.61. The number of rotatable bonds is 3. The molecule has 0 saturated heterocycles. The summed E-state index contributed by atoms with van der Waals surface area (Å²) < 4.78 is 0. The lowest BCUT2D eigenvalue weighted by Crippen LogP contribution is -2.49. The van der Waals surface area contributed by atoms with E-state index in [2.05, 4.69) is 30.3 Å². The minimum absolute atomic E-state index is 0.414. The van der Waals surface area contributed by atoms with E-state index in [0.29, 0.717) is 0 Å². The molecule has 4 aliphatic carbocycles. The van der Waals surface area contributed by atoms with Crippen molar-refractivity contribution in [3.8, 4) is 0 Å².